The maximum atomic E-state index is 13.1. The summed E-state index contributed by atoms with van der Waals surface area (Å²) in [5, 5.41) is 4.66. The van der Waals surface area contributed by atoms with Crippen LogP contribution in [0.4, 0.5) is 0 Å². The highest BCUT2D eigenvalue weighted by molar-refractivity contribution is 6.33. The molecule has 2 amide bonds. The van der Waals surface area contributed by atoms with Gasteiger partial charge in [0.05, 0.1) is 5.02 Å². The number of fused-ring (bicyclic) bond motifs is 4. The summed E-state index contributed by atoms with van der Waals surface area (Å²) in [7, 11) is 5.87. The monoisotopic (exact) mass is 393 g/mol. The van der Waals surface area contributed by atoms with Crippen LogP contribution < -0.4 is 0 Å². The Bertz CT molecular complexity index is 748. The molecular weight excluding hydrogens is 366 g/mol. The van der Waals surface area contributed by atoms with Crippen molar-refractivity contribution in [3.05, 3.63) is 16.9 Å². The summed E-state index contributed by atoms with van der Waals surface area (Å²) in [5.74, 6) is 0.851. The van der Waals surface area contributed by atoms with Gasteiger partial charge in [-0.1, -0.05) is 11.6 Å². The second-order valence-corrected chi connectivity index (χ2v) is 8.96. The largest absolute Gasteiger partial charge is 0.336 e. The first kappa shape index (κ1) is 18.7. The van der Waals surface area contributed by atoms with E-state index in [9.17, 15) is 9.59 Å². The summed E-state index contributed by atoms with van der Waals surface area (Å²) >= 11 is 6.22. The summed E-state index contributed by atoms with van der Waals surface area (Å²) < 4.78 is 1.58. The molecule has 0 unspecified atom stereocenters. The highest BCUT2D eigenvalue weighted by Gasteiger charge is 2.50. The van der Waals surface area contributed by atoms with Crippen molar-refractivity contribution in [3.63, 3.8) is 0 Å². The van der Waals surface area contributed by atoms with E-state index >= 15 is 0 Å². The van der Waals surface area contributed by atoms with E-state index in [1.165, 1.54) is 0 Å². The van der Waals surface area contributed by atoms with Crippen LogP contribution >= 0.6 is 11.6 Å². The Morgan fingerprint density at radius 1 is 1.33 bits per heavy atom. The molecule has 3 aliphatic rings. The van der Waals surface area contributed by atoms with E-state index in [1.807, 2.05) is 4.90 Å². The lowest BCUT2D eigenvalue weighted by Gasteiger charge is -2.57. The third-order valence-electron chi connectivity index (χ3n) is 6.32. The molecule has 3 fully saturated rings. The maximum absolute atomic E-state index is 13.1. The number of likely N-dealkylation sites (N-methyl/N-ethyl adjacent to an activating group) is 1. The molecule has 8 heteroatoms. The van der Waals surface area contributed by atoms with Crippen LogP contribution in [0, 0.1) is 11.8 Å². The van der Waals surface area contributed by atoms with Gasteiger partial charge in [-0.05, 0) is 45.2 Å². The average molecular weight is 394 g/mol. The van der Waals surface area contributed by atoms with Crippen LogP contribution in [0.25, 0.3) is 0 Å². The normalized spacial score (nSPS) is 30.6. The van der Waals surface area contributed by atoms with Gasteiger partial charge in [-0.2, -0.15) is 5.10 Å². The van der Waals surface area contributed by atoms with E-state index in [2.05, 4.69) is 29.0 Å². The highest BCUT2D eigenvalue weighted by Crippen LogP contribution is 2.42. The summed E-state index contributed by atoms with van der Waals surface area (Å²) in [6.07, 6.45) is 5.41. The summed E-state index contributed by atoms with van der Waals surface area (Å²) in [6, 6.07) is 0.422. The van der Waals surface area contributed by atoms with Gasteiger partial charge < -0.3 is 14.7 Å². The molecular formula is C19H28ClN5O2. The molecule has 3 saturated heterocycles. The third-order valence-corrected chi connectivity index (χ3v) is 6.60. The third kappa shape index (κ3) is 3.36. The fraction of sp³-hybridized carbons (Fsp3) is 0.737. The molecule has 27 heavy (non-hydrogen) atoms. The van der Waals surface area contributed by atoms with Crippen molar-refractivity contribution in [1.82, 2.24) is 24.5 Å². The fourth-order valence-electron chi connectivity index (χ4n) is 5.30. The van der Waals surface area contributed by atoms with Crippen molar-refractivity contribution >= 4 is 23.4 Å². The lowest BCUT2D eigenvalue weighted by atomic mass is 9.72. The van der Waals surface area contributed by atoms with E-state index in [0.717, 1.165) is 25.8 Å². The van der Waals surface area contributed by atoms with Gasteiger partial charge >= 0.3 is 0 Å². The van der Waals surface area contributed by atoms with Crippen molar-refractivity contribution in [2.45, 2.75) is 37.8 Å². The fourth-order valence-corrected chi connectivity index (χ4v) is 5.56. The van der Waals surface area contributed by atoms with Gasteiger partial charge in [0.15, 0.2) is 5.69 Å². The Morgan fingerprint density at radius 2 is 2.07 bits per heavy atom. The van der Waals surface area contributed by atoms with Crippen molar-refractivity contribution in [2.75, 3.05) is 33.7 Å². The number of halogens is 1. The van der Waals surface area contributed by atoms with Gasteiger partial charge in [0.2, 0.25) is 5.91 Å². The van der Waals surface area contributed by atoms with Gasteiger partial charge in [-0.15, -0.1) is 0 Å². The highest BCUT2D eigenvalue weighted by atomic mass is 35.5. The Hall–Kier alpha value is -1.60. The minimum atomic E-state index is -0.0884. The predicted octanol–water partition coefficient (Wildman–Crippen LogP) is 1.48. The van der Waals surface area contributed by atoms with Gasteiger partial charge in [0.1, 0.15) is 0 Å². The van der Waals surface area contributed by atoms with Gasteiger partial charge in [-0.3, -0.25) is 14.3 Å². The van der Waals surface area contributed by atoms with Crippen LogP contribution in [0.2, 0.25) is 5.02 Å². The zero-order valence-corrected chi connectivity index (χ0v) is 17.0. The Morgan fingerprint density at radius 3 is 2.74 bits per heavy atom. The molecule has 4 rings (SSSR count). The molecule has 0 spiro atoms. The van der Waals surface area contributed by atoms with Crippen LogP contribution in [0.1, 0.15) is 36.2 Å². The standard InChI is InChI=1S/C19H28ClN5O2/c1-22(2)11-16-13-7-12(15-5-4-6-17(26)25(15)16)8-24(9-13)19(27)18-14(20)10-23(3)21-18/h10,12-13,15-16H,4-9,11H2,1-3H3/t12-,13+,15+,16+/m1/s1. The quantitative estimate of drug-likeness (QED) is 0.780. The molecule has 3 aliphatic heterocycles. The van der Waals surface area contributed by atoms with Crippen molar-refractivity contribution in [2.24, 2.45) is 18.9 Å². The summed E-state index contributed by atoms with van der Waals surface area (Å²) in [5.41, 5.74) is 0.333. The lowest BCUT2D eigenvalue weighted by Crippen LogP contribution is -2.67. The van der Waals surface area contributed by atoms with Gasteiger partial charge in [0.25, 0.3) is 5.91 Å². The minimum Gasteiger partial charge on any atom is -0.336 e. The van der Waals surface area contributed by atoms with Crippen molar-refractivity contribution < 1.29 is 9.59 Å². The van der Waals surface area contributed by atoms with E-state index in [-0.39, 0.29) is 18.0 Å². The first-order chi connectivity index (χ1) is 12.8. The molecule has 0 saturated carbocycles. The maximum Gasteiger partial charge on any atom is 0.275 e. The topological polar surface area (TPSA) is 61.7 Å². The van der Waals surface area contributed by atoms with E-state index in [1.54, 1.807) is 17.9 Å². The zero-order valence-electron chi connectivity index (χ0n) is 16.3. The summed E-state index contributed by atoms with van der Waals surface area (Å²) in [4.78, 5) is 32.1. The molecule has 0 aromatic carbocycles. The molecule has 148 valence electrons. The first-order valence-corrected chi connectivity index (χ1v) is 10.2. The van der Waals surface area contributed by atoms with Crippen LogP contribution in [0.3, 0.4) is 0 Å². The number of rotatable bonds is 3. The van der Waals surface area contributed by atoms with Crippen molar-refractivity contribution in [1.29, 1.82) is 0 Å². The number of likely N-dealkylation sites (tertiary alicyclic amines) is 1. The Labute approximate surface area is 165 Å². The van der Waals surface area contributed by atoms with Crippen LogP contribution in [-0.2, 0) is 11.8 Å². The first-order valence-electron chi connectivity index (χ1n) is 9.79. The van der Waals surface area contributed by atoms with Crippen LogP contribution in [0.5, 0.6) is 0 Å². The van der Waals surface area contributed by atoms with Crippen molar-refractivity contribution in [3.8, 4) is 0 Å². The number of aromatic nitrogens is 2. The van der Waals surface area contributed by atoms with Crippen LogP contribution in [-0.4, -0.2) is 82.1 Å². The number of amides is 2. The van der Waals surface area contributed by atoms with E-state index in [4.69, 9.17) is 11.6 Å². The molecule has 2 bridgehead atoms. The molecule has 7 nitrogen and oxygen atoms in total. The number of piperidine rings is 3. The number of carbonyl (C=O) groups is 2. The number of aryl methyl sites for hydroxylation is 1. The molecule has 0 aliphatic carbocycles. The average Bonchev–Trinajstić information content (AvgIpc) is 2.96. The smallest absolute Gasteiger partial charge is 0.275 e. The summed E-state index contributed by atoms with van der Waals surface area (Å²) in [6.45, 7) is 2.19. The molecule has 0 radical (unpaired) electrons. The number of hydrogen-bond acceptors (Lipinski definition) is 4. The second-order valence-electron chi connectivity index (χ2n) is 8.56. The van der Waals surface area contributed by atoms with E-state index < -0.39 is 0 Å². The van der Waals surface area contributed by atoms with Gasteiger partial charge in [0, 0.05) is 51.4 Å². The molecule has 0 N–H and O–H groups in total. The number of carbonyl (C=O) groups excluding carboxylic acids is 2. The molecule has 4 atom stereocenters. The van der Waals surface area contributed by atoms with E-state index in [0.29, 0.717) is 48.0 Å². The predicted molar refractivity (Wildman–Crippen MR) is 103 cm³/mol. The number of nitrogens with zero attached hydrogens (tertiary/aromatic N) is 5. The Kier molecular flexibility index (Phi) is 4.93. The molecule has 4 heterocycles. The van der Waals surface area contributed by atoms with Gasteiger partial charge in [-0.25, -0.2) is 0 Å². The SMILES string of the molecule is CN(C)C[C@H]1[C@H]2C[C@H](CN(C(=O)c3nn(C)cc3Cl)C2)[C@@H]2CCCC(=O)N21. The molecule has 1 aromatic rings. The lowest BCUT2D eigenvalue weighted by molar-refractivity contribution is -0.152. The molecule has 1 aromatic heterocycles. The van der Waals surface area contributed by atoms with Crippen LogP contribution in [0.15, 0.2) is 6.20 Å². The second kappa shape index (κ2) is 7.09. The Balaban J connectivity index is 1.61. The minimum absolute atomic E-state index is 0.0884. The number of hydrogen-bond donors (Lipinski definition) is 0. The zero-order chi connectivity index (χ0) is 19.3.